The lowest BCUT2D eigenvalue weighted by atomic mass is 9.67. The van der Waals surface area contributed by atoms with Gasteiger partial charge in [0, 0.05) is 5.92 Å². The van der Waals surface area contributed by atoms with E-state index in [1.807, 2.05) is 0 Å². The van der Waals surface area contributed by atoms with Gasteiger partial charge in [0.05, 0.1) is 5.41 Å². The summed E-state index contributed by atoms with van der Waals surface area (Å²) in [5.74, 6) is 0.372. The van der Waals surface area contributed by atoms with E-state index >= 15 is 0 Å². The molecule has 5 aromatic rings. The van der Waals surface area contributed by atoms with Gasteiger partial charge in [-0.2, -0.15) is 0 Å². The maximum atomic E-state index is 2.61. The van der Waals surface area contributed by atoms with Gasteiger partial charge in [-0.05, 0) is 115 Å². The third kappa shape index (κ3) is 4.63. The molecule has 0 saturated heterocycles. The van der Waals surface area contributed by atoms with E-state index in [4.69, 9.17) is 0 Å². The van der Waals surface area contributed by atoms with Gasteiger partial charge in [-0.25, -0.2) is 0 Å². The van der Waals surface area contributed by atoms with Crippen LogP contribution in [0.3, 0.4) is 0 Å². The van der Waals surface area contributed by atoms with Crippen LogP contribution in [-0.2, 0) is 16.2 Å². The van der Waals surface area contributed by atoms with Crippen LogP contribution < -0.4 is 0 Å². The van der Waals surface area contributed by atoms with Crippen LogP contribution in [0.2, 0.25) is 0 Å². The normalized spacial score (nSPS) is 17.2. The second kappa shape index (κ2) is 11.9. The molecule has 1 atom stereocenters. The van der Waals surface area contributed by atoms with Gasteiger partial charge in [-0.3, -0.25) is 0 Å². The van der Waals surface area contributed by atoms with Crippen molar-refractivity contribution in [1.29, 1.82) is 0 Å². The van der Waals surface area contributed by atoms with Crippen molar-refractivity contribution < 1.29 is 0 Å². The van der Waals surface area contributed by atoms with Gasteiger partial charge >= 0.3 is 0 Å². The molecule has 3 aliphatic rings. The first-order chi connectivity index (χ1) is 23.8. The van der Waals surface area contributed by atoms with Gasteiger partial charge in [-0.15, -0.1) is 0 Å². The second-order valence-corrected chi connectivity index (χ2v) is 15.4. The summed E-state index contributed by atoms with van der Waals surface area (Å²) in [4.78, 5) is 0. The molecule has 0 heteroatoms. The van der Waals surface area contributed by atoms with Crippen LogP contribution in [0.1, 0.15) is 119 Å². The van der Waals surface area contributed by atoms with E-state index < -0.39 is 0 Å². The van der Waals surface area contributed by atoms with E-state index in [-0.39, 0.29) is 16.2 Å². The Balaban J connectivity index is 1.24. The van der Waals surface area contributed by atoms with Crippen LogP contribution in [0.15, 0.2) is 133 Å². The number of fused-ring (bicyclic) bond motifs is 10. The largest absolute Gasteiger partial charge is 0.0757 e. The molecule has 1 unspecified atom stereocenters. The summed E-state index contributed by atoms with van der Waals surface area (Å²) >= 11 is 0. The predicted octanol–water partition coefficient (Wildman–Crippen LogP) is 13.3. The number of allylic oxidation sites excluding steroid dienone is 4. The fourth-order valence-electron chi connectivity index (χ4n) is 9.35. The Morgan fingerprint density at radius 1 is 0.551 bits per heavy atom. The third-order valence-corrected chi connectivity index (χ3v) is 13.4. The van der Waals surface area contributed by atoms with Gasteiger partial charge in [0.1, 0.15) is 0 Å². The van der Waals surface area contributed by atoms with Crippen molar-refractivity contribution >= 4 is 5.57 Å². The molecule has 0 amide bonds. The molecule has 0 fully saturated rings. The average molecular weight is 639 g/mol. The Morgan fingerprint density at radius 2 is 1.04 bits per heavy atom. The number of hydrogen-bond acceptors (Lipinski definition) is 0. The predicted molar refractivity (Wildman–Crippen MR) is 209 cm³/mol. The fourth-order valence-corrected chi connectivity index (χ4v) is 9.35. The fraction of sp³-hybridized carbons (Fsp3) is 0.306. The average Bonchev–Trinajstić information content (AvgIpc) is 3.64. The van der Waals surface area contributed by atoms with Gasteiger partial charge < -0.3 is 0 Å². The van der Waals surface area contributed by atoms with E-state index in [9.17, 15) is 0 Å². The van der Waals surface area contributed by atoms with Gasteiger partial charge in [-0.1, -0.05) is 169 Å². The third-order valence-electron chi connectivity index (χ3n) is 13.4. The summed E-state index contributed by atoms with van der Waals surface area (Å²) in [6, 6.07) is 44.6. The van der Waals surface area contributed by atoms with Crippen molar-refractivity contribution in [3.05, 3.63) is 172 Å². The zero-order chi connectivity index (χ0) is 34.0. The molecule has 5 aromatic carbocycles. The van der Waals surface area contributed by atoms with Crippen LogP contribution in [-0.4, -0.2) is 0 Å². The van der Waals surface area contributed by atoms with E-state index in [1.54, 1.807) is 5.57 Å². The molecule has 3 aliphatic carbocycles. The lowest BCUT2D eigenvalue weighted by Gasteiger charge is -2.34. The molecule has 0 bridgehead atoms. The minimum Gasteiger partial charge on any atom is -0.0757 e. The van der Waals surface area contributed by atoms with Crippen LogP contribution in [0, 0.1) is 0 Å². The minimum absolute atomic E-state index is 0.160. The van der Waals surface area contributed by atoms with Crippen molar-refractivity contribution in [2.45, 2.75) is 95.8 Å². The van der Waals surface area contributed by atoms with Crippen LogP contribution in [0.5, 0.6) is 0 Å². The maximum absolute atomic E-state index is 2.61. The highest BCUT2D eigenvalue weighted by Gasteiger charge is 2.55. The Labute approximate surface area is 294 Å². The summed E-state index contributed by atoms with van der Waals surface area (Å²) in [5, 5.41) is 0. The minimum atomic E-state index is -0.280. The summed E-state index contributed by atoms with van der Waals surface area (Å²) in [7, 11) is 0. The van der Waals surface area contributed by atoms with Crippen LogP contribution >= 0.6 is 0 Å². The van der Waals surface area contributed by atoms with Crippen molar-refractivity contribution in [2.24, 2.45) is 0 Å². The lowest BCUT2D eigenvalue weighted by Crippen LogP contribution is -2.28. The molecule has 49 heavy (non-hydrogen) atoms. The molecule has 246 valence electrons. The topological polar surface area (TPSA) is 0 Å². The Bertz CT molecular complexity index is 2050. The molecular formula is C49H50. The highest BCUT2D eigenvalue weighted by molar-refractivity contribution is 5.91. The van der Waals surface area contributed by atoms with Crippen molar-refractivity contribution in [3.63, 3.8) is 0 Å². The van der Waals surface area contributed by atoms with E-state index in [0.717, 1.165) is 32.1 Å². The molecule has 8 rings (SSSR count). The zero-order valence-electron chi connectivity index (χ0n) is 30.2. The van der Waals surface area contributed by atoms with E-state index in [0.29, 0.717) is 5.92 Å². The molecule has 0 N–H and O–H groups in total. The van der Waals surface area contributed by atoms with Crippen molar-refractivity contribution in [2.75, 3.05) is 0 Å². The second-order valence-electron chi connectivity index (χ2n) is 15.4. The standard InChI is InChI=1S/C49H50/c1-7-47(5,8-2)37-26-23-34(24-27-37)33-19-21-35(22-20-33)36-25-29-41-42-30-28-38(48(6,9-3)10-4)32-46(42)49(45(41)31-36)43-17-13-11-15-39(43)40-16-12-14-18-44(40)49/h11-28,30-32,41H,7-10,29H2,1-6H3. The zero-order valence-corrected chi connectivity index (χ0v) is 30.2. The van der Waals surface area contributed by atoms with E-state index in [2.05, 4.69) is 169 Å². The monoisotopic (exact) mass is 638 g/mol. The van der Waals surface area contributed by atoms with Crippen LogP contribution in [0.4, 0.5) is 0 Å². The first kappa shape index (κ1) is 31.8. The van der Waals surface area contributed by atoms with Gasteiger partial charge in [0.2, 0.25) is 0 Å². The lowest BCUT2D eigenvalue weighted by molar-refractivity contribution is 0.438. The summed E-state index contributed by atoms with van der Waals surface area (Å²) in [6.45, 7) is 14.1. The first-order valence-electron chi connectivity index (χ1n) is 18.8. The maximum Gasteiger partial charge on any atom is 0.0685 e. The molecule has 0 heterocycles. The Hall–Kier alpha value is -4.42. The highest BCUT2D eigenvalue weighted by Crippen LogP contribution is 2.66. The number of hydrogen-bond donors (Lipinski definition) is 0. The molecule has 1 spiro atoms. The summed E-state index contributed by atoms with van der Waals surface area (Å²) in [6.07, 6.45) is 10.7. The summed E-state index contributed by atoms with van der Waals surface area (Å²) in [5.41, 5.74) is 18.4. The number of rotatable bonds is 8. The summed E-state index contributed by atoms with van der Waals surface area (Å²) < 4.78 is 0. The molecule has 0 aliphatic heterocycles. The Morgan fingerprint density at radius 3 is 1.61 bits per heavy atom. The molecular weight excluding hydrogens is 589 g/mol. The quantitative estimate of drug-likeness (QED) is 0.159. The highest BCUT2D eigenvalue weighted by atomic mass is 14.6. The smallest absolute Gasteiger partial charge is 0.0685 e. The Kier molecular flexibility index (Phi) is 7.71. The van der Waals surface area contributed by atoms with Gasteiger partial charge in [0.25, 0.3) is 0 Å². The van der Waals surface area contributed by atoms with Crippen molar-refractivity contribution in [3.8, 4) is 22.3 Å². The van der Waals surface area contributed by atoms with E-state index in [1.165, 1.54) is 66.8 Å². The SMILES string of the molecule is CCC(C)(CC)c1ccc(-c2ccc(C3=CCC4C(=C3)C3(c5ccccc5-c5ccccc53)c3cc(C(C)(CC)CC)ccc34)cc2)cc1. The molecule has 0 saturated carbocycles. The van der Waals surface area contributed by atoms with Crippen molar-refractivity contribution in [1.82, 2.24) is 0 Å². The van der Waals surface area contributed by atoms with Crippen LogP contribution in [0.25, 0.3) is 27.8 Å². The molecule has 0 nitrogen and oxygen atoms in total. The number of benzene rings is 5. The first-order valence-corrected chi connectivity index (χ1v) is 18.8. The molecule has 0 aromatic heterocycles. The van der Waals surface area contributed by atoms with Gasteiger partial charge in [0.15, 0.2) is 0 Å². The molecule has 0 radical (unpaired) electrons.